The molecule has 0 radical (unpaired) electrons. The van der Waals surface area contributed by atoms with Gasteiger partial charge in [-0.05, 0) is 6.07 Å². The Labute approximate surface area is 105 Å². The van der Waals surface area contributed by atoms with Gasteiger partial charge in [0.05, 0.1) is 20.3 Å². The highest BCUT2D eigenvalue weighted by Crippen LogP contribution is 2.28. The normalized spacial score (nSPS) is 17.2. The molecule has 3 rings (SSSR count). The van der Waals surface area contributed by atoms with Crippen molar-refractivity contribution in [2.24, 2.45) is 0 Å². The van der Waals surface area contributed by atoms with E-state index in [1.54, 1.807) is 7.11 Å². The van der Waals surface area contributed by atoms with Crippen molar-refractivity contribution in [2.75, 3.05) is 33.4 Å². The molecular formula is C13H16N2O3. The van der Waals surface area contributed by atoms with E-state index in [-0.39, 0.29) is 0 Å². The highest BCUT2D eigenvalue weighted by atomic mass is 16.5. The minimum absolute atomic E-state index is 0.754. The summed E-state index contributed by atoms with van der Waals surface area (Å²) < 4.78 is 16.1. The maximum atomic E-state index is 5.48. The summed E-state index contributed by atoms with van der Waals surface area (Å²) in [5.41, 5.74) is 2.76. The average molecular weight is 248 g/mol. The molecule has 0 aliphatic carbocycles. The largest absolute Gasteiger partial charge is 0.494 e. The van der Waals surface area contributed by atoms with Crippen molar-refractivity contribution in [3.63, 3.8) is 0 Å². The van der Waals surface area contributed by atoms with Gasteiger partial charge in [0.25, 0.3) is 0 Å². The summed E-state index contributed by atoms with van der Waals surface area (Å²) in [6, 6.07) is 3.99. The second-order valence-corrected chi connectivity index (χ2v) is 4.35. The second kappa shape index (κ2) is 4.96. The van der Waals surface area contributed by atoms with Crippen molar-refractivity contribution in [2.45, 2.75) is 6.54 Å². The fourth-order valence-corrected chi connectivity index (χ4v) is 2.27. The predicted molar refractivity (Wildman–Crippen MR) is 66.7 cm³/mol. The first-order chi connectivity index (χ1) is 8.88. The topological polar surface area (TPSA) is 47.7 Å². The lowest BCUT2D eigenvalue weighted by atomic mass is 10.1. The molecule has 0 amide bonds. The number of methoxy groups -OCH3 is 1. The number of morpholine rings is 1. The van der Waals surface area contributed by atoms with Gasteiger partial charge in [0.2, 0.25) is 0 Å². The molecule has 2 heterocycles. The smallest absolute Gasteiger partial charge is 0.182 e. The third-order valence-electron chi connectivity index (χ3n) is 3.25. The number of benzene rings is 1. The van der Waals surface area contributed by atoms with E-state index in [0.29, 0.717) is 0 Å². The first kappa shape index (κ1) is 11.5. The zero-order valence-corrected chi connectivity index (χ0v) is 10.4. The van der Waals surface area contributed by atoms with Crippen LogP contribution >= 0.6 is 0 Å². The Morgan fingerprint density at radius 1 is 1.33 bits per heavy atom. The number of fused-ring (bicyclic) bond motifs is 1. The van der Waals surface area contributed by atoms with Crippen molar-refractivity contribution in [3.05, 3.63) is 24.1 Å². The molecule has 5 nitrogen and oxygen atoms in total. The van der Waals surface area contributed by atoms with E-state index in [1.165, 1.54) is 6.39 Å². The summed E-state index contributed by atoms with van der Waals surface area (Å²) in [4.78, 5) is 6.56. The Hall–Kier alpha value is -1.59. The fourth-order valence-electron chi connectivity index (χ4n) is 2.27. The Morgan fingerprint density at radius 3 is 2.94 bits per heavy atom. The zero-order chi connectivity index (χ0) is 12.4. The van der Waals surface area contributed by atoms with Crippen LogP contribution in [-0.2, 0) is 11.3 Å². The van der Waals surface area contributed by atoms with Crippen molar-refractivity contribution in [1.29, 1.82) is 0 Å². The Balaban J connectivity index is 1.89. The van der Waals surface area contributed by atoms with E-state index in [2.05, 4.69) is 9.88 Å². The lowest BCUT2D eigenvalue weighted by molar-refractivity contribution is 0.0342. The minimum Gasteiger partial charge on any atom is -0.494 e. The van der Waals surface area contributed by atoms with E-state index in [0.717, 1.165) is 55.3 Å². The van der Waals surface area contributed by atoms with Gasteiger partial charge in [-0.2, -0.15) is 0 Å². The molecule has 0 N–H and O–H groups in total. The average Bonchev–Trinajstić information content (AvgIpc) is 2.90. The van der Waals surface area contributed by atoms with Crippen LogP contribution in [0.25, 0.3) is 11.1 Å². The summed E-state index contributed by atoms with van der Waals surface area (Å²) in [6.45, 7) is 4.38. The number of nitrogens with zero attached hydrogens (tertiary/aromatic N) is 2. The number of hydrogen-bond acceptors (Lipinski definition) is 5. The molecule has 0 atom stereocenters. The number of hydrogen-bond donors (Lipinski definition) is 0. The Bertz CT molecular complexity index is 532. The second-order valence-electron chi connectivity index (χ2n) is 4.35. The third kappa shape index (κ3) is 2.07. The van der Waals surface area contributed by atoms with Gasteiger partial charge in [-0.1, -0.05) is 6.07 Å². The molecule has 5 heteroatoms. The van der Waals surface area contributed by atoms with Gasteiger partial charge in [-0.15, -0.1) is 0 Å². The van der Waals surface area contributed by atoms with Gasteiger partial charge in [-0.25, -0.2) is 4.98 Å². The standard InChI is InChI=1S/C13H16N2O3/c1-16-11-3-2-10(13-12(11)14-9-18-13)8-15-4-6-17-7-5-15/h2-3,9H,4-8H2,1H3. The number of aromatic nitrogens is 1. The van der Waals surface area contributed by atoms with Crippen molar-refractivity contribution in [3.8, 4) is 5.75 Å². The molecule has 1 fully saturated rings. The molecule has 1 saturated heterocycles. The zero-order valence-electron chi connectivity index (χ0n) is 10.4. The van der Waals surface area contributed by atoms with Gasteiger partial charge >= 0.3 is 0 Å². The molecular weight excluding hydrogens is 232 g/mol. The lowest BCUT2D eigenvalue weighted by Gasteiger charge is -2.26. The predicted octanol–water partition coefficient (Wildman–Crippen LogP) is 1.67. The molecule has 1 aromatic carbocycles. The van der Waals surface area contributed by atoms with Crippen molar-refractivity contribution < 1.29 is 13.9 Å². The summed E-state index contributed by atoms with van der Waals surface area (Å²) in [5, 5.41) is 0. The van der Waals surface area contributed by atoms with E-state index in [9.17, 15) is 0 Å². The molecule has 0 unspecified atom stereocenters. The van der Waals surface area contributed by atoms with Gasteiger partial charge in [-0.3, -0.25) is 4.90 Å². The van der Waals surface area contributed by atoms with E-state index in [1.807, 2.05) is 12.1 Å². The summed E-state index contributed by atoms with van der Waals surface area (Å²) >= 11 is 0. The quantitative estimate of drug-likeness (QED) is 0.827. The highest BCUT2D eigenvalue weighted by molar-refractivity contribution is 5.82. The maximum absolute atomic E-state index is 5.48. The van der Waals surface area contributed by atoms with E-state index in [4.69, 9.17) is 13.9 Å². The van der Waals surface area contributed by atoms with Crippen LogP contribution < -0.4 is 4.74 Å². The number of ether oxygens (including phenoxy) is 2. The first-order valence-electron chi connectivity index (χ1n) is 6.07. The molecule has 96 valence electrons. The van der Waals surface area contributed by atoms with Crippen LogP contribution in [0.15, 0.2) is 22.9 Å². The molecule has 1 aliphatic heterocycles. The lowest BCUT2D eigenvalue weighted by Crippen LogP contribution is -2.35. The summed E-state index contributed by atoms with van der Waals surface area (Å²) in [7, 11) is 1.64. The maximum Gasteiger partial charge on any atom is 0.182 e. The third-order valence-corrected chi connectivity index (χ3v) is 3.25. The molecule has 0 spiro atoms. The fraction of sp³-hybridized carbons (Fsp3) is 0.462. The molecule has 1 aromatic heterocycles. The van der Waals surface area contributed by atoms with E-state index < -0.39 is 0 Å². The van der Waals surface area contributed by atoms with Crippen LogP contribution in [0.4, 0.5) is 0 Å². The van der Waals surface area contributed by atoms with Crippen LogP contribution in [-0.4, -0.2) is 43.3 Å². The highest BCUT2D eigenvalue weighted by Gasteiger charge is 2.15. The molecule has 0 bridgehead atoms. The minimum atomic E-state index is 0.754. The Morgan fingerprint density at radius 2 is 2.17 bits per heavy atom. The first-order valence-corrected chi connectivity index (χ1v) is 6.07. The summed E-state index contributed by atoms with van der Waals surface area (Å²) in [5.74, 6) is 0.754. The molecule has 18 heavy (non-hydrogen) atoms. The van der Waals surface area contributed by atoms with Gasteiger partial charge in [0.1, 0.15) is 5.75 Å². The van der Waals surface area contributed by atoms with Crippen LogP contribution in [0.5, 0.6) is 5.75 Å². The van der Waals surface area contributed by atoms with Gasteiger partial charge in [0, 0.05) is 25.2 Å². The molecule has 0 saturated carbocycles. The monoisotopic (exact) mass is 248 g/mol. The molecule has 1 aliphatic rings. The van der Waals surface area contributed by atoms with Gasteiger partial charge < -0.3 is 13.9 Å². The van der Waals surface area contributed by atoms with Crippen LogP contribution in [0, 0.1) is 0 Å². The Kier molecular flexibility index (Phi) is 3.17. The van der Waals surface area contributed by atoms with Crippen LogP contribution in [0.2, 0.25) is 0 Å². The summed E-state index contributed by atoms with van der Waals surface area (Å²) in [6.07, 6.45) is 1.47. The number of rotatable bonds is 3. The van der Waals surface area contributed by atoms with Crippen molar-refractivity contribution >= 4 is 11.1 Å². The van der Waals surface area contributed by atoms with Crippen molar-refractivity contribution in [1.82, 2.24) is 9.88 Å². The SMILES string of the molecule is COc1ccc(CN2CCOCC2)c2ocnc12. The van der Waals surface area contributed by atoms with E-state index >= 15 is 0 Å². The van der Waals surface area contributed by atoms with Crippen LogP contribution in [0.1, 0.15) is 5.56 Å². The molecule has 2 aromatic rings. The van der Waals surface area contributed by atoms with Crippen LogP contribution in [0.3, 0.4) is 0 Å². The van der Waals surface area contributed by atoms with Gasteiger partial charge in [0.15, 0.2) is 17.5 Å². The number of oxazole rings is 1.